The summed E-state index contributed by atoms with van der Waals surface area (Å²) in [7, 11) is 0. The Hall–Kier alpha value is -9.90. The number of aromatic amines is 2. The lowest BCUT2D eigenvalue weighted by Crippen LogP contribution is -2.48. The fourth-order valence-electron chi connectivity index (χ4n) is 12.1. The number of anilines is 1. The van der Waals surface area contributed by atoms with Crippen LogP contribution in [0.5, 0.6) is 0 Å². The Morgan fingerprint density at radius 1 is 0.639 bits per heavy atom. The number of rotatable bonds is 48. The maximum atomic E-state index is 14.2. The van der Waals surface area contributed by atoms with Crippen LogP contribution in [-0.4, -0.2) is 255 Å². The molecule has 0 aliphatic carbocycles. The summed E-state index contributed by atoms with van der Waals surface area (Å²) < 4.78 is 4.91. The number of hydrogen-bond donors (Lipinski definition) is 11. The standard InChI is InChI=1S/C55H75N9O15.C19H31N5O4S/c1-36(2)53(46(68)9-6-26-65)60-54(77)37(3)27-48(70)45(28-40-30-57-44-8-5-4-7-43(40)44)59-55(78)39(12-16-49(56)71)29-47(69)38-10-13-41(14-11-38)58-50(72)17-15-42(67)31-61-18-20-62(32-51(73)74)22-24-64(34-79-35-66)25-23-63(21-19-61)33-52(75)76;1-12(2)6-13(19(28)24-15(18(20)27)4-5-29-3)7-17(26)16(23-11-25)8-14-9-21-10-22-14/h4-5,7-8,10-11,13-14,26,30,35-37,39,45,53,57H,6,9,12,15-25,27-29,31-34H2,1-3H3,(H2,56,71)(H,58,72)(H,59,78)(H,60,77)(H,73,74)(H,75,76);9-13,15-16H,4-8H2,1-3H3,(H2,20,27)(H,21,22)(H,23,25)(H,24,28)/t37-,39-,45+,53+;13-,15+,16+/m11/s1. The normalized spacial score (nSPS) is 15.3. The van der Waals surface area contributed by atoms with Gasteiger partial charge in [0.15, 0.2) is 23.1 Å². The number of para-hydroxylation sites is 1. The molecule has 1 fully saturated rings. The number of nitrogens with two attached hydrogens (primary N) is 2. The lowest BCUT2D eigenvalue weighted by Gasteiger charge is -2.32. The molecule has 1 aliphatic rings. The van der Waals surface area contributed by atoms with Crippen molar-refractivity contribution in [3.63, 3.8) is 0 Å². The highest BCUT2D eigenvalue weighted by Crippen LogP contribution is 2.24. The fourth-order valence-corrected chi connectivity index (χ4v) is 12.6. The number of carboxylic acids is 2. The van der Waals surface area contributed by atoms with Crippen molar-refractivity contribution in [2.24, 2.45) is 41.1 Å². The Kier molecular flexibility index (Phi) is 40.6. The number of aldehydes is 1. The topological polar surface area (TPSA) is 492 Å². The second-order valence-electron chi connectivity index (χ2n) is 27.6. The zero-order valence-electron chi connectivity index (χ0n) is 62.3. The van der Waals surface area contributed by atoms with Crippen molar-refractivity contribution in [3.05, 3.63) is 84.1 Å². The first-order chi connectivity index (χ1) is 51.4. The summed E-state index contributed by atoms with van der Waals surface area (Å²) in [4.78, 5) is 217. The van der Waals surface area contributed by atoms with E-state index in [1.807, 2.05) is 44.4 Å². The van der Waals surface area contributed by atoms with Gasteiger partial charge >= 0.3 is 11.9 Å². The molecule has 1 saturated heterocycles. The smallest absolute Gasteiger partial charge is 0.317 e. The van der Waals surface area contributed by atoms with Gasteiger partial charge in [-0.15, -0.1) is 0 Å². The van der Waals surface area contributed by atoms with Gasteiger partial charge in [0.1, 0.15) is 24.8 Å². The molecule has 0 bridgehead atoms. The Balaban J connectivity index is 0.000000709. The van der Waals surface area contributed by atoms with Gasteiger partial charge in [0.2, 0.25) is 41.9 Å². The van der Waals surface area contributed by atoms with E-state index in [4.69, 9.17) is 16.2 Å². The summed E-state index contributed by atoms with van der Waals surface area (Å²) in [5.41, 5.74) is 13.5. The van der Waals surface area contributed by atoms with E-state index >= 15 is 0 Å². The number of nitrogens with zero attached hydrogens (tertiary/aromatic N) is 5. The molecule has 3 heterocycles. The Morgan fingerprint density at radius 2 is 1.24 bits per heavy atom. The second-order valence-corrected chi connectivity index (χ2v) is 28.6. The summed E-state index contributed by atoms with van der Waals surface area (Å²) >= 11 is 1.55. The first kappa shape index (κ1) is 90.5. The number of amides is 7. The average Bonchev–Trinajstić information content (AvgIpc) is 1.63. The van der Waals surface area contributed by atoms with E-state index in [2.05, 4.69) is 41.5 Å². The zero-order chi connectivity index (χ0) is 79.8. The predicted octanol–water partition coefficient (Wildman–Crippen LogP) is 1.85. The molecular formula is C74H106N14O19S. The van der Waals surface area contributed by atoms with E-state index in [1.165, 1.54) is 37.5 Å². The number of nitrogens with one attached hydrogen (secondary N) is 7. The molecule has 0 radical (unpaired) electrons. The van der Waals surface area contributed by atoms with Crippen molar-refractivity contribution in [2.45, 2.75) is 142 Å². The summed E-state index contributed by atoms with van der Waals surface area (Å²) in [6.07, 6.45) is 7.40. The van der Waals surface area contributed by atoms with Gasteiger partial charge in [0, 0.05) is 175 Å². The number of primary amides is 2. The van der Waals surface area contributed by atoms with Crippen molar-refractivity contribution in [1.29, 1.82) is 0 Å². The number of aliphatic carboxylic acids is 2. The second kappa shape index (κ2) is 48.4. The Morgan fingerprint density at radius 3 is 1.80 bits per heavy atom. The van der Waals surface area contributed by atoms with Crippen LogP contribution in [0, 0.1) is 29.6 Å². The van der Waals surface area contributed by atoms with Crippen LogP contribution >= 0.6 is 11.8 Å². The third-order valence-corrected chi connectivity index (χ3v) is 18.7. The van der Waals surface area contributed by atoms with E-state index in [1.54, 1.807) is 57.6 Å². The van der Waals surface area contributed by atoms with Crippen LogP contribution in [0.1, 0.15) is 127 Å². The number of carboxylic acid groups (broad SMARTS) is 2. The number of hydrogen-bond acceptors (Lipinski definition) is 23. The van der Waals surface area contributed by atoms with Crippen LogP contribution in [0.4, 0.5) is 5.69 Å². The molecule has 1 aliphatic heterocycles. The Labute approximate surface area is 632 Å². The number of thioether (sulfide) groups is 1. The molecule has 108 heavy (non-hydrogen) atoms. The van der Waals surface area contributed by atoms with Gasteiger partial charge in [-0.05, 0) is 79.0 Å². The van der Waals surface area contributed by atoms with Crippen molar-refractivity contribution in [2.75, 3.05) is 96.0 Å². The number of carbonyl (C=O) groups excluding carboxylic acids is 14. The number of H-pyrrole nitrogens is 2. The summed E-state index contributed by atoms with van der Waals surface area (Å²) in [6.45, 7) is 10.8. The maximum Gasteiger partial charge on any atom is 0.317 e. The molecule has 2 aromatic heterocycles. The highest BCUT2D eigenvalue weighted by atomic mass is 32.2. The molecule has 4 aromatic rings. The quantitative estimate of drug-likeness (QED) is 0.0222. The van der Waals surface area contributed by atoms with Crippen molar-refractivity contribution in [3.8, 4) is 0 Å². The third-order valence-electron chi connectivity index (χ3n) is 18.1. The van der Waals surface area contributed by atoms with Crippen molar-refractivity contribution in [1.82, 2.24) is 55.8 Å². The molecule has 2 aromatic carbocycles. The number of fused-ring (bicyclic) bond motifs is 1. The molecule has 592 valence electrons. The number of benzene rings is 2. The minimum atomic E-state index is -1.19. The summed E-state index contributed by atoms with van der Waals surface area (Å²) in [6, 6.07) is 9.56. The summed E-state index contributed by atoms with van der Waals surface area (Å²) in [5.74, 6) is -9.55. The van der Waals surface area contributed by atoms with E-state index in [9.17, 15) is 86.9 Å². The van der Waals surface area contributed by atoms with Gasteiger partial charge in [-0.3, -0.25) is 91.5 Å². The minimum Gasteiger partial charge on any atom is -0.480 e. The lowest BCUT2D eigenvalue weighted by molar-refractivity contribution is -0.139. The van der Waals surface area contributed by atoms with Crippen LogP contribution < -0.4 is 38.1 Å². The predicted molar refractivity (Wildman–Crippen MR) is 400 cm³/mol. The minimum absolute atomic E-state index is 0.00304. The zero-order valence-corrected chi connectivity index (χ0v) is 63.1. The van der Waals surface area contributed by atoms with Gasteiger partial charge < -0.3 is 67.8 Å². The molecule has 5 rings (SSSR count). The largest absolute Gasteiger partial charge is 0.480 e. The monoisotopic (exact) mass is 1530 g/mol. The average molecular weight is 1530 g/mol. The molecule has 13 N–H and O–H groups in total. The fraction of sp³-hybridized carbons (Fsp3) is 0.554. The molecule has 0 unspecified atom stereocenters. The molecule has 7 atom stereocenters. The highest BCUT2D eigenvalue weighted by molar-refractivity contribution is 7.98. The van der Waals surface area contributed by atoms with Gasteiger partial charge in [0.05, 0.1) is 44.1 Å². The highest BCUT2D eigenvalue weighted by Gasteiger charge is 2.34. The van der Waals surface area contributed by atoms with Crippen LogP contribution in [0.15, 0.2) is 67.3 Å². The van der Waals surface area contributed by atoms with E-state index in [0.717, 1.165) is 10.9 Å². The van der Waals surface area contributed by atoms with Crippen molar-refractivity contribution >= 4 is 124 Å². The molecule has 34 heteroatoms. The number of ether oxygens (including phenoxy) is 1. The third kappa shape index (κ3) is 33.9. The molecular weight excluding hydrogens is 1420 g/mol. The van der Waals surface area contributed by atoms with Gasteiger partial charge in [0.25, 0.3) is 6.47 Å². The van der Waals surface area contributed by atoms with Crippen molar-refractivity contribution < 1.29 is 91.7 Å². The van der Waals surface area contributed by atoms with Gasteiger partial charge in [-0.2, -0.15) is 11.8 Å². The number of imidazole rings is 1. The van der Waals surface area contributed by atoms with Crippen LogP contribution in [-0.2, 0) is 89.5 Å². The van der Waals surface area contributed by atoms with E-state index < -0.39 is 101 Å². The lowest BCUT2D eigenvalue weighted by atomic mass is 9.88. The molecule has 33 nitrogen and oxygen atoms in total. The summed E-state index contributed by atoms with van der Waals surface area (Å²) in [5, 5.41) is 33.3. The number of Topliss-reactive ketones (excluding diaryl/α,β-unsaturated/α-hetero) is 5. The first-order valence-corrected chi connectivity index (χ1v) is 37.4. The number of ketones is 5. The molecule has 7 amide bonds. The molecule has 0 saturated carbocycles. The van der Waals surface area contributed by atoms with Crippen LogP contribution in [0.25, 0.3) is 10.9 Å². The Bertz CT molecular complexity index is 3610. The number of carbonyl (C=O) groups is 16. The van der Waals surface area contributed by atoms with Gasteiger partial charge in [-0.1, -0.05) is 52.8 Å². The van der Waals surface area contributed by atoms with Crippen LogP contribution in [0.2, 0.25) is 0 Å². The molecule has 0 spiro atoms. The SMILES string of the molecule is CC(C)[C@H](NC(=O)[C@H](C)CC(=O)[C@H](Cc1c[nH]c2ccccc12)NC(=O)[C@H](CCC(N)=O)CC(=O)c1ccc(NC(=O)CCC(=O)CN2CCN(CC(=O)O)CCN(COC=O)CCN(CC(=O)O)CC2)cc1)C(=O)CCC=O.CSCC[C@H](NC(=O)[C@@H](CC(=O)[C@H](Cc1cnc[nH]1)NC=O)CC(C)C)C(N)=O. The maximum absolute atomic E-state index is 14.2. The first-order valence-electron chi connectivity index (χ1n) is 36.0. The van der Waals surface area contributed by atoms with Gasteiger partial charge in [-0.25, -0.2) is 4.98 Å². The number of aromatic nitrogens is 3. The van der Waals surface area contributed by atoms with E-state index in [0.29, 0.717) is 80.9 Å². The van der Waals surface area contributed by atoms with Crippen LogP contribution in [0.3, 0.4) is 0 Å². The van der Waals surface area contributed by atoms with E-state index in [-0.39, 0.29) is 157 Å².